The summed E-state index contributed by atoms with van der Waals surface area (Å²) < 4.78 is 39.2. The molecule has 2 bridgehead atoms. The van der Waals surface area contributed by atoms with E-state index in [1.54, 1.807) is 6.92 Å². The average molecular weight is 480 g/mol. The van der Waals surface area contributed by atoms with Crippen LogP contribution in [0.25, 0.3) is 0 Å². The van der Waals surface area contributed by atoms with Crippen molar-refractivity contribution in [2.24, 2.45) is 11.3 Å². The highest BCUT2D eigenvalue weighted by molar-refractivity contribution is 7.92. The lowest BCUT2D eigenvalue weighted by molar-refractivity contribution is -0.133. The van der Waals surface area contributed by atoms with Crippen LogP contribution < -0.4 is 9.80 Å². The molecule has 1 unspecified atom stereocenters. The van der Waals surface area contributed by atoms with Crippen LogP contribution in [-0.2, 0) is 14.6 Å². The van der Waals surface area contributed by atoms with Crippen LogP contribution in [0.5, 0.6) is 0 Å². The van der Waals surface area contributed by atoms with Crippen LogP contribution in [0.15, 0.2) is 24.3 Å². The van der Waals surface area contributed by atoms with Crippen molar-refractivity contribution < 1.29 is 17.6 Å². The molecule has 4 fully saturated rings. The van der Waals surface area contributed by atoms with E-state index in [0.717, 1.165) is 31.7 Å². The van der Waals surface area contributed by atoms with Crippen LogP contribution in [-0.4, -0.2) is 69.2 Å². The van der Waals surface area contributed by atoms with E-state index in [2.05, 4.69) is 47.9 Å². The molecule has 6 nitrogen and oxygen atoms in total. The smallest absolute Gasteiger partial charge is 0.278 e. The Kier molecular flexibility index (Phi) is 6.95. The van der Waals surface area contributed by atoms with Gasteiger partial charge < -0.3 is 14.7 Å². The molecule has 4 saturated heterocycles. The second-order valence-corrected chi connectivity index (χ2v) is 12.9. The van der Waals surface area contributed by atoms with E-state index in [9.17, 15) is 17.6 Å². The molecule has 5 rings (SSSR count). The Hall–Kier alpha value is -1.83. The number of sulfone groups is 1. The van der Waals surface area contributed by atoms with Gasteiger partial charge in [0.2, 0.25) is 0 Å². The standard InChI is InChI=1S/C25H38FN3O3S/c1-4-14-33(31,32)23(26)24(30)28-16-19-15-25(2,3)22(18-28)29(17-19)21-10-8-20(9-11-21)27-12-6-5-7-13-27/h8-11,19,22-23H,4-7,12-18H2,1-3H3/t19-,22-,23?/m1/s1. The molecule has 4 heterocycles. The summed E-state index contributed by atoms with van der Waals surface area (Å²) in [6, 6.07) is 8.70. The summed E-state index contributed by atoms with van der Waals surface area (Å²) in [5.74, 6) is -1.02. The molecule has 3 atom stereocenters. The highest BCUT2D eigenvalue weighted by Gasteiger charge is 2.48. The molecule has 0 aromatic heterocycles. The molecular weight excluding hydrogens is 441 g/mol. The van der Waals surface area contributed by atoms with Crippen molar-refractivity contribution in [1.82, 2.24) is 4.90 Å². The first-order valence-electron chi connectivity index (χ1n) is 12.4. The Labute approximate surface area is 198 Å². The number of anilines is 2. The first-order valence-corrected chi connectivity index (χ1v) is 14.1. The van der Waals surface area contributed by atoms with Gasteiger partial charge in [-0.1, -0.05) is 20.8 Å². The molecule has 1 aromatic rings. The minimum atomic E-state index is -4.07. The van der Waals surface area contributed by atoms with Crippen molar-refractivity contribution >= 4 is 27.1 Å². The van der Waals surface area contributed by atoms with Crippen molar-refractivity contribution in [3.63, 3.8) is 0 Å². The normalized spacial score (nSPS) is 26.2. The highest BCUT2D eigenvalue weighted by atomic mass is 32.2. The molecule has 1 amide bonds. The van der Waals surface area contributed by atoms with Crippen molar-refractivity contribution in [2.75, 3.05) is 48.3 Å². The number of alkyl halides is 1. The van der Waals surface area contributed by atoms with Crippen LogP contribution >= 0.6 is 0 Å². The Morgan fingerprint density at radius 1 is 1.06 bits per heavy atom. The summed E-state index contributed by atoms with van der Waals surface area (Å²) >= 11 is 0. The molecule has 0 saturated carbocycles. The summed E-state index contributed by atoms with van der Waals surface area (Å²) in [5.41, 5.74) is -0.174. The zero-order valence-electron chi connectivity index (χ0n) is 20.2. The van der Waals surface area contributed by atoms with Gasteiger partial charge >= 0.3 is 0 Å². The molecule has 0 spiro atoms. The quantitative estimate of drug-likeness (QED) is 0.620. The number of nitrogens with zero attached hydrogens (tertiary/aromatic N) is 3. The second-order valence-electron chi connectivity index (χ2n) is 10.7. The SMILES string of the molecule is CCCS(=O)(=O)C(F)C(=O)N1C[C@@H]2CN(c3ccc(N4CCCCC4)cc3)[C@H](C1)C(C)(C)C2. The molecule has 4 aliphatic rings. The van der Waals surface area contributed by atoms with E-state index < -0.39 is 21.2 Å². The first kappa shape index (κ1) is 24.3. The minimum Gasteiger partial charge on any atom is -0.372 e. The highest BCUT2D eigenvalue weighted by Crippen LogP contribution is 2.43. The van der Waals surface area contributed by atoms with Gasteiger partial charge in [-0.2, -0.15) is 0 Å². The first-order chi connectivity index (χ1) is 15.6. The fourth-order valence-electron chi connectivity index (χ4n) is 5.99. The molecule has 8 heteroatoms. The zero-order valence-corrected chi connectivity index (χ0v) is 21.0. The fourth-order valence-corrected chi connectivity index (χ4v) is 7.22. The van der Waals surface area contributed by atoms with Gasteiger partial charge in [0, 0.05) is 44.1 Å². The summed E-state index contributed by atoms with van der Waals surface area (Å²) in [6.07, 6.45) is 5.01. The lowest BCUT2D eigenvalue weighted by Crippen LogP contribution is -2.54. The molecule has 0 radical (unpaired) electrons. The number of rotatable bonds is 6. The topological polar surface area (TPSA) is 60.9 Å². The fraction of sp³-hybridized carbons (Fsp3) is 0.720. The van der Waals surface area contributed by atoms with E-state index in [1.807, 2.05) is 0 Å². The van der Waals surface area contributed by atoms with Crippen molar-refractivity contribution in [3.8, 4) is 0 Å². The maximum Gasteiger partial charge on any atom is 0.278 e. The van der Waals surface area contributed by atoms with Crippen LogP contribution in [0.1, 0.15) is 52.9 Å². The Balaban J connectivity index is 1.54. The van der Waals surface area contributed by atoms with Gasteiger partial charge in [0.1, 0.15) is 0 Å². The van der Waals surface area contributed by atoms with Crippen LogP contribution in [0.4, 0.5) is 15.8 Å². The van der Waals surface area contributed by atoms with E-state index in [0.29, 0.717) is 19.5 Å². The van der Waals surface area contributed by atoms with Crippen LogP contribution in [0.2, 0.25) is 0 Å². The van der Waals surface area contributed by atoms with Crippen LogP contribution in [0, 0.1) is 11.3 Å². The zero-order chi connectivity index (χ0) is 23.8. The summed E-state index contributed by atoms with van der Waals surface area (Å²) in [4.78, 5) is 19.2. The number of hydrogen-bond acceptors (Lipinski definition) is 5. The third kappa shape index (κ3) is 5.00. The van der Waals surface area contributed by atoms with Crippen molar-refractivity contribution in [1.29, 1.82) is 0 Å². The van der Waals surface area contributed by atoms with Gasteiger partial charge in [0.05, 0.1) is 11.8 Å². The van der Waals surface area contributed by atoms with Gasteiger partial charge in [-0.3, -0.25) is 4.79 Å². The molecule has 1 aromatic carbocycles. The number of piperidine rings is 2. The average Bonchev–Trinajstić information content (AvgIpc) is 3.06. The van der Waals surface area contributed by atoms with Crippen molar-refractivity contribution in [3.05, 3.63) is 24.3 Å². The number of fused-ring (bicyclic) bond motifs is 4. The minimum absolute atomic E-state index is 0.00196. The number of hydrogen-bond donors (Lipinski definition) is 0. The molecule has 0 N–H and O–H groups in total. The Morgan fingerprint density at radius 3 is 2.33 bits per heavy atom. The maximum atomic E-state index is 14.8. The van der Waals surface area contributed by atoms with E-state index >= 15 is 0 Å². The number of amides is 1. The Morgan fingerprint density at radius 2 is 1.70 bits per heavy atom. The van der Waals surface area contributed by atoms with Gasteiger partial charge in [0.15, 0.2) is 9.84 Å². The molecule has 184 valence electrons. The predicted molar refractivity (Wildman–Crippen MR) is 131 cm³/mol. The summed E-state index contributed by atoms with van der Waals surface area (Å²) in [5, 5.41) is 0. The number of benzene rings is 1. The number of carbonyl (C=O) groups excluding carboxylic acids is 1. The van der Waals surface area contributed by atoms with Gasteiger partial charge in [-0.25, -0.2) is 12.8 Å². The lowest BCUT2D eigenvalue weighted by atomic mass is 9.73. The summed E-state index contributed by atoms with van der Waals surface area (Å²) in [6.45, 7) is 9.83. The maximum absolute atomic E-state index is 14.8. The molecule has 0 aliphatic carbocycles. The second kappa shape index (κ2) is 9.43. The predicted octanol–water partition coefficient (Wildman–Crippen LogP) is 3.86. The van der Waals surface area contributed by atoms with E-state index in [1.165, 1.54) is 29.8 Å². The third-order valence-corrected chi connectivity index (χ3v) is 9.44. The Bertz CT molecular complexity index is 944. The largest absolute Gasteiger partial charge is 0.372 e. The monoisotopic (exact) mass is 479 g/mol. The third-order valence-electron chi connectivity index (χ3n) is 7.63. The van der Waals surface area contributed by atoms with E-state index in [4.69, 9.17) is 0 Å². The molecule has 33 heavy (non-hydrogen) atoms. The molecule has 4 aliphatic heterocycles. The van der Waals surface area contributed by atoms with Crippen molar-refractivity contribution in [2.45, 2.75) is 64.4 Å². The van der Waals surface area contributed by atoms with Gasteiger partial charge in [-0.05, 0) is 67.7 Å². The van der Waals surface area contributed by atoms with Gasteiger partial charge in [0.25, 0.3) is 11.4 Å². The van der Waals surface area contributed by atoms with E-state index in [-0.39, 0.29) is 23.1 Å². The summed E-state index contributed by atoms with van der Waals surface area (Å²) in [7, 11) is -4.07. The number of carbonyl (C=O) groups is 1. The van der Waals surface area contributed by atoms with Gasteiger partial charge in [-0.15, -0.1) is 0 Å². The molecular formula is C25H38FN3O3S. The number of halogens is 1. The van der Waals surface area contributed by atoms with Crippen LogP contribution in [0.3, 0.4) is 0 Å². The lowest BCUT2D eigenvalue weighted by Gasteiger charge is -2.48.